The number of rotatable bonds is 12. The van der Waals surface area contributed by atoms with Gasteiger partial charge in [-0.25, -0.2) is 0 Å². The number of methoxy groups -OCH3 is 1. The Hall–Kier alpha value is -3.87. The summed E-state index contributed by atoms with van der Waals surface area (Å²) in [6, 6.07) is 21.3. The molecule has 0 saturated heterocycles. The number of allylic oxidation sites excluding steroid dienone is 1. The molecule has 3 aromatic rings. The Bertz CT molecular complexity index is 1130. The molecule has 6 nitrogen and oxygen atoms in total. The third-order valence-electron chi connectivity index (χ3n) is 5.50. The van der Waals surface area contributed by atoms with Gasteiger partial charge in [-0.15, -0.1) is 0 Å². The van der Waals surface area contributed by atoms with Gasteiger partial charge in [0.2, 0.25) is 0 Å². The SMILES string of the molecule is COC[C@H](CC=Cc1ccc(O)cc1)[C@H](OCC=Cc1ccc(OC(C)=O)cc1)c1ccc(O)cc1. The van der Waals surface area contributed by atoms with Crippen molar-refractivity contribution in [1.29, 1.82) is 0 Å². The summed E-state index contributed by atoms with van der Waals surface area (Å²) in [4.78, 5) is 11.1. The van der Waals surface area contributed by atoms with Gasteiger partial charge in [0.1, 0.15) is 17.2 Å². The molecule has 0 bridgehead atoms. The topological polar surface area (TPSA) is 85.2 Å². The summed E-state index contributed by atoms with van der Waals surface area (Å²) in [6.07, 6.45) is 8.42. The fourth-order valence-electron chi connectivity index (χ4n) is 3.78. The number of carbonyl (C=O) groups excluding carboxylic acids is 1. The molecular weight excluding hydrogens is 456 g/mol. The van der Waals surface area contributed by atoms with Gasteiger partial charge in [-0.05, 0) is 59.5 Å². The Morgan fingerprint density at radius 1 is 0.833 bits per heavy atom. The van der Waals surface area contributed by atoms with Crippen molar-refractivity contribution in [1.82, 2.24) is 0 Å². The van der Waals surface area contributed by atoms with Crippen LogP contribution in [0.15, 0.2) is 84.9 Å². The normalized spacial score (nSPS) is 13.2. The van der Waals surface area contributed by atoms with E-state index in [1.165, 1.54) is 6.92 Å². The number of ether oxygens (including phenoxy) is 3. The minimum atomic E-state index is -0.351. The number of esters is 1. The predicted octanol–water partition coefficient (Wildman–Crippen LogP) is 6.16. The van der Waals surface area contributed by atoms with Crippen LogP contribution in [0.2, 0.25) is 0 Å². The molecule has 2 atom stereocenters. The van der Waals surface area contributed by atoms with Crippen LogP contribution in [-0.2, 0) is 14.3 Å². The fraction of sp³-hybridized carbons (Fsp3) is 0.233. The second-order valence-electron chi connectivity index (χ2n) is 8.36. The number of phenols is 2. The molecule has 6 heteroatoms. The number of phenolic OH excluding ortho intramolecular Hbond substituents is 2. The summed E-state index contributed by atoms with van der Waals surface area (Å²) >= 11 is 0. The molecule has 0 aliphatic rings. The summed E-state index contributed by atoms with van der Waals surface area (Å²) in [5, 5.41) is 19.2. The minimum Gasteiger partial charge on any atom is -0.508 e. The molecule has 0 spiro atoms. The average molecular weight is 489 g/mol. The molecule has 3 aromatic carbocycles. The highest BCUT2D eigenvalue weighted by Gasteiger charge is 2.23. The molecule has 2 N–H and O–H groups in total. The van der Waals surface area contributed by atoms with Crippen molar-refractivity contribution in [2.75, 3.05) is 20.3 Å². The zero-order valence-corrected chi connectivity index (χ0v) is 20.5. The molecule has 3 rings (SSSR count). The van der Waals surface area contributed by atoms with Crippen LogP contribution in [0.4, 0.5) is 0 Å². The van der Waals surface area contributed by atoms with E-state index in [0.29, 0.717) is 25.4 Å². The minimum absolute atomic E-state index is 0.0318. The van der Waals surface area contributed by atoms with E-state index in [2.05, 4.69) is 6.08 Å². The van der Waals surface area contributed by atoms with E-state index < -0.39 is 0 Å². The Morgan fingerprint density at radius 3 is 1.97 bits per heavy atom. The van der Waals surface area contributed by atoms with Gasteiger partial charge in [0.05, 0.1) is 19.3 Å². The van der Waals surface area contributed by atoms with Crippen molar-refractivity contribution in [2.45, 2.75) is 19.4 Å². The molecule has 188 valence electrons. The van der Waals surface area contributed by atoms with Gasteiger partial charge >= 0.3 is 5.97 Å². The van der Waals surface area contributed by atoms with Gasteiger partial charge in [0, 0.05) is 20.0 Å². The molecule has 0 aliphatic heterocycles. The Labute approximate surface area is 212 Å². The molecule has 0 fully saturated rings. The second-order valence-corrected chi connectivity index (χ2v) is 8.36. The lowest BCUT2D eigenvalue weighted by atomic mass is 9.92. The highest BCUT2D eigenvalue weighted by Crippen LogP contribution is 2.31. The zero-order chi connectivity index (χ0) is 25.8. The van der Waals surface area contributed by atoms with Crippen molar-refractivity contribution in [3.63, 3.8) is 0 Å². The molecular formula is C30H32O6. The lowest BCUT2D eigenvalue weighted by Gasteiger charge is -2.26. The Balaban J connectivity index is 1.69. The predicted molar refractivity (Wildman–Crippen MR) is 141 cm³/mol. The molecule has 0 aromatic heterocycles. The molecule has 0 unspecified atom stereocenters. The van der Waals surface area contributed by atoms with Gasteiger partial charge in [-0.3, -0.25) is 4.79 Å². The maximum Gasteiger partial charge on any atom is 0.308 e. The summed E-state index contributed by atoms with van der Waals surface area (Å²) in [6.45, 7) is 2.24. The number of hydrogen-bond donors (Lipinski definition) is 2. The first-order chi connectivity index (χ1) is 17.4. The van der Waals surface area contributed by atoms with E-state index in [-0.39, 0.29) is 29.5 Å². The van der Waals surface area contributed by atoms with Crippen molar-refractivity contribution >= 4 is 18.1 Å². The Morgan fingerprint density at radius 2 is 1.39 bits per heavy atom. The summed E-state index contributed by atoms with van der Waals surface area (Å²) in [5.41, 5.74) is 2.90. The first-order valence-electron chi connectivity index (χ1n) is 11.7. The Kier molecular flexibility index (Phi) is 10.3. The first-order valence-corrected chi connectivity index (χ1v) is 11.7. The second kappa shape index (κ2) is 13.9. The van der Waals surface area contributed by atoms with Gasteiger partial charge in [0.25, 0.3) is 0 Å². The van der Waals surface area contributed by atoms with Crippen LogP contribution in [0.3, 0.4) is 0 Å². The van der Waals surface area contributed by atoms with E-state index in [4.69, 9.17) is 14.2 Å². The molecule has 0 saturated carbocycles. The number of benzene rings is 3. The lowest BCUT2D eigenvalue weighted by molar-refractivity contribution is -0.131. The average Bonchev–Trinajstić information content (AvgIpc) is 2.86. The van der Waals surface area contributed by atoms with Gasteiger partial charge in [0.15, 0.2) is 0 Å². The van der Waals surface area contributed by atoms with Gasteiger partial charge in [-0.1, -0.05) is 60.7 Å². The fourth-order valence-corrected chi connectivity index (χ4v) is 3.78. The van der Waals surface area contributed by atoms with Crippen LogP contribution in [0.25, 0.3) is 12.2 Å². The quantitative estimate of drug-likeness (QED) is 0.235. The van der Waals surface area contributed by atoms with Gasteiger partial charge in [-0.2, -0.15) is 0 Å². The van der Waals surface area contributed by atoms with Crippen LogP contribution in [-0.4, -0.2) is 36.5 Å². The maximum absolute atomic E-state index is 11.1. The lowest BCUT2D eigenvalue weighted by Crippen LogP contribution is -2.20. The van der Waals surface area contributed by atoms with E-state index in [0.717, 1.165) is 16.7 Å². The number of aromatic hydroxyl groups is 2. The molecule has 36 heavy (non-hydrogen) atoms. The molecule has 0 amide bonds. The van der Waals surface area contributed by atoms with Crippen LogP contribution in [0.1, 0.15) is 36.1 Å². The number of carbonyl (C=O) groups is 1. The summed E-state index contributed by atoms with van der Waals surface area (Å²) in [5.74, 6) is 0.620. The highest BCUT2D eigenvalue weighted by atomic mass is 16.5. The van der Waals surface area contributed by atoms with E-state index in [1.54, 1.807) is 43.5 Å². The van der Waals surface area contributed by atoms with Crippen LogP contribution < -0.4 is 4.74 Å². The first kappa shape index (κ1) is 26.7. The smallest absolute Gasteiger partial charge is 0.308 e. The summed E-state index contributed by atoms with van der Waals surface area (Å²) < 4.78 is 16.9. The molecule has 0 aliphatic carbocycles. The number of hydrogen-bond acceptors (Lipinski definition) is 6. The van der Waals surface area contributed by atoms with E-state index in [1.807, 2.05) is 54.6 Å². The van der Waals surface area contributed by atoms with E-state index in [9.17, 15) is 15.0 Å². The van der Waals surface area contributed by atoms with Crippen molar-refractivity contribution in [3.05, 3.63) is 102 Å². The van der Waals surface area contributed by atoms with Crippen molar-refractivity contribution in [2.24, 2.45) is 5.92 Å². The molecule has 0 heterocycles. The highest BCUT2D eigenvalue weighted by molar-refractivity contribution is 5.69. The molecule has 0 radical (unpaired) electrons. The maximum atomic E-state index is 11.1. The van der Waals surface area contributed by atoms with Crippen LogP contribution in [0.5, 0.6) is 17.2 Å². The largest absolute Gasteiger partial charge is 0.508 e. The summed E-state index contributed by atoms with van der Waals surface area (Å²) in [7, 11) is 1.67. The van der Waals surface area contributed by atoms with Crippen LogP contribution >= 0.6 is 0 Å². The standard InChI is InChI=1S/C30H32O6/c1-22(31)36-29-18-10-24(11-19-29)6-4-20-35-30(25-12-16-28(33)17-13-25)26(21-34-2)7-3-5-23-8-14-27(32)15-9-23/h3-6,8-19,26,30,32-33H,7,20-21H2,1-2H3/t26-,30+/m0/s1. The monoisotopic (exact) mass is 488 g/mol. The van der Waals surface area contributed by atoms with Crippen LogP contribution in [0, 0.1) is 5.92 Å². The van der Waals surface area contributed by atoms with E-state index >= 15 is 0 Å². The van der Waals surface area contributed by atoms with Gasteiger partial charge < -0.3 is 24.4 Å². The van der Waals surface area contributed by atoms with Crippen molar-refractivity contribution < 1.29 is 29.2 Å². The van der Waals surface area contributed by atoms with Crippen molar-refractivity contribution in [3.8, 4) is 17.2 Å². The zero-order valence-electron chi connectivity index (χ0n) is 20.5. The third kappa shape index (κ3) is 8.73. The third-order valence-corrected chi connectivity index (χ3v) is 5.50.